The van der Waals surface area contributed by atoms with Crippen LogP contribution < -0.4 is 5.43 Å². The Hall–Kier alpha value is -3.14. The van der Waals surface area contributed by atoms with E-state index >= 15 is 0 Å². The molecule has 0 aliphatic rings. The van der Waals surface area contributed by atoms with Gasteiger partial charge in [-0.3, -0.25) is 4.79 Å². The average Bonchev–Trinajstić information content (AvgIpc) is 2.64. The average molecular weight is 332 g/mol. The first kappa shape index (κ1) is 16.7. The highest BCUT2D eigenvalue weighted by Gasteiger charge is 2.12. The number of hydrazone groups is 1. The van der Waals surface area contributed by atoms with Crippen molar-refractivity contribution < 1.29 is 9.90 Å². The minimum absolute atomic E-state index is 0.0478. The van der Waals surface area contributed by atoms with Crippen LogP contribution >= 0.6 is 0 Å². The molecule has 3 aromatic rings. The zero-order chi connectivity index (χ0) is 17.6. The molecular weight excluding hydrogens is 312 g/mol. The molecule has 0 spiro atoms. The molecule has 0 radical (unpaired) electrons. The predicted molar refractivity (Wildman–Crippen MR) is 101 cm³/mol. The van der Waals surface area contributed by atoms with E-state index in [1.807, 2.05) is 49.4 Å². The van der Waals surface area contributed by atoms with Crippen LogP contribution in [0.15, 0.2) is 71.8 Å². The van der Waals surface area contributed by atoms with Crippen LogP contribution in [0.1, 0.15) is 29.3 Å². The van der Waals surface area contributed by atoms with E-state index < -0.39 is 5.91 Å². The van der Waals surface area contributed by atoms with E-state index in [4.69, 9.17) is 0 Å². The zero-order valence-electron chi connectivity index (χ0n) is 14.1. The molecule has 0 saturated carbocycles. The van der Waals surface area contributed by atoms with Crippen LogP contribution in [-0.4, -0.2) is 16.7 Å². The minimum atomic E-state index is -0.415. The lowest BCUT2D eigenvalue weighted by Gasteiger charge is -2.07. The van der Waals surface area contributed by atoms with E-state index in [9.17, 15) is 9.90 Å². The number of phenols is 1. The summed E-state index contributed by atoms with van der Waals surface area (Å²) in [7, 11) is 0. The summed E-state index contributed by atoms with van der Waals surface area (Å²) in [6.45, 7) is 1.88. The van der Waals surface area contributed by atoms with Crippen LogP contribution in [-0.2, 0) is 6.42 Å². The molecule has 0 heterocycles. The quantitative estimate of drug-likeness (QED) is 0.541. The van der Waals surface area contributed by atoms with E-state index in [0.717, 1.165) is 29.3 Å². The van der Waals surface area contributed by atoms with Gasteiger partial charge >= 0.3 is 0 Å². The Labute approximate surface area is 146 Å². The maximum absolute atomic E-state index is 12.3. The molecule has 0 aliphatic heterocycles. The van der Waals surface area contributed by atoms with Crippen molar-refractivity contribution in [2.24, 2.45) is 5.10 Å². The zero-order valence-corrected chi connectivity index (χ0v) is 14.1. The number of rotatable bonds is 5. The molecule has 2 N–H and O–H groups in total. The van der Waals surface area contributed by atoms with Crippen molar-refractivity contribution >= 4 is 22.4 Å². The molecule has 4 nitrogen and oxygen atoms in total. The van der Waals surface area contributed by atoms with Crippen LogP contribution in [0.5, 0.6) is 5.75 Å². The summed E-state index contributed by atoms with van der Waals surface area (Å²) in [6.07, 6.45) is 1.63. The fourth-order valence-corrected chi connectivity index (χ4v) is 2.64. The van der Waals surface area contributed by atoms with E-state index in [1.54, 1.807) is 12.1 Å². The summed E-state index contributed by atoms with van der Waals surface area (Å²) in [6, 6.07) is 21.0. The molecule has 0 saturated heterocycles. The van der Waals surface area contributed by atoms with Gasteiger partial charge in [-0.05, 0) is 48.2 Å². The van der Waals surface area contributed by atoms with Gasteiger partial charge in [0, 0.05) is 5.71 Å². The van der Waals surface area contributed by atoms with Gasteiger partial charge in [0.25, 0.3) is 5.91 Å². The summed E-state index contributed by atoms with van der Waals surface area (Å²) in [5.74, 6) is -0.462. The smallest absolute Gasteiger partial charge is 0.275 e. The summed E-state index contributed by atoms with van der Waals surface area (Å²) < 4.78 is 0. The van der Waals surface area contributed by atoms with Gasteiger partial charge in [0.2, 0.25) is 0 Å². The van der Waals surface area contributed by atoms with Crippen LogP contribution in [0.3, 0.4) is 0 Å². The Morgan fingerprint density at radius 3 is 2.36 bits per heavy atom. The lowest BCUT2D eigenvalue weighted by Crippen LogP contribution is -2.19. The lowest BCUT2D eigenvalue weighted by molar-refractivity contribution is 0.0952. The second-order valence-corrected chi connectivity index (χ2v) is 5.99. The molecule has 126 valence electrons. The molecule has 3 rings (SSSR count). The van der Waals surface area contributed by atoms with Crippen molar-refractivity contribution in [2.45, 2.75) is 19.8 Å². The van der Waals surface area contributed by atoms with Crippen LogP contribution in [0.2, 0.25) is 0 Å². The van der Waals surface area contributed by atoms with Crippen molar-refractivity contribution in [3.8, 4) is 5.75 Å². The highest BCUT2D eigenvalue weighted by Crippen LogP contribution is 2.24. The Balaban J connectivity index is 1.66. The summed E-state index contributed by atoms with van der Waals surface area (Å²) >= 11 is 0. The Morgan fingerprint density at radius 2 is 1.64 bits per heavy atom. The molecule has 0 atom stereocenters. The molecule has 25 heavy (non-hydrogen) atoms. The summed E-state index contributed by atoms with van der Waals surface area (Å²) in [4.78, 5) is 12.3. The van der Waals surface area contributed by atoms with Gasteiger partial charge in [-0.15, -0.1) is 0 Å². The first-order valence-electron chi connectivity index (χ1n) is 8.22. The van der Waals surface area contributed by atoms with E-state index in [2.05, 4.69) is 22.7 Å². The molecule has 0 aliphatic carbocycles. The number of nitrogens with one attached hydrogen (secondary N) is 1. The maximum Gasteiger partial charge on any atom is 0.275 e. The van der Waals surface area contributed by atoms with Gasteiger partial charge in [-0.2, -0.15) is 5.10 Å². The van der Waals surface area contributed by atoms with Gasteiger partial charge in [-0.1, -0.05) is 54.6 Å². The number of carbonyl (C=O) groups excluding carboxylic acids is 1. The maximum atomic E-state index is 12.3. The van der Waals surface area contributed by atoms with Crippen molar-refractivity contribution in [2.75, 3.05) is 0 Å². The Kier molecular flexibility index (Phi) is 5.09. The van der Waals surface area contributed by atoms with Crippen molar-refractivity contribution in [3.05, 3.63) is 77.9 Å². The predicted octanol–water partition coefficient (Wildman–Crippen LogP) is 4.28. The van der Waals surface area contributed by atoms with Gasteiger partial charge in [0.15, 0.2) is 0 Å². The number of hydrogen-bond donors (Lipinski definition) is 2. The SMILES string of the molecule is C/C(CCc1ccccc1)=N/NC(=O)c1cc2ccccc2cc1O. The molecule has 0 aromatic heterocycles. The number of amides is 1. The van der Waals surface area contributed by atoms with Crippen LogP contribution in [0.4, 0.5) is 0 Å². The number of aryl methyl sites for hydroxylation is 1. The third-order valence-corrected chi connectivity index (χ3v) is 4.08. The number of aromatic hydroxyl groups is 1. The largest absolute Gasteiger partial charge is 0.507 e. The monoisotopic (exact) mass is 332 g/mol. The third kappa shape index (κ3) is 4.23. The van der Waals surface area contributed by atoms with Crippen LogP contribution in [0, 0.1) is 0 Å². The van der Waals surface area contributed by atoms with Crippen LogP contribution in [0.25, 0.3) is 10.8 Å². The highest BCUT2D eigenvalue weighted by atomic mass is 16.3. The molecule has 1 amide bonds. The molecular formula is C21H20N2O2. The lowest BCUT2D eigenvalue weighted by atomic mass is 10.1. The molecule has 3 aromatic carbocycles. The number of fused-ring (bicyclic) bond motifs is 1. The fourth-order valence-electron chi connectivity index (χ4n) is 2.64. The van der Waals surface area contributed by atoms with Crippen molar-refractivity contribution in [1.29, 1.82) is 0 Å². The van der Waals surface area contributed by atoms with Crippen molar-refractivity contribution in [1.82, 2.24) is 5.43 Å². The standard InChI is InChI=1S/C21H20N2O2/c1-15(11-12-16-7-3-2-4-8-16)22-23-21(25)19-13-17-9-5-6-10-18(17)14-20(19)24/h2-10,13-14,24H,11-12H2,1H3,(H,23,25)/b22-15-. The first-order chi connectivity index (χ1) is 12.1. The summed E-state index contributed by atoms with van der Waals surface area (Å²) in [5, 5.41) is 16.0. The van der Waals surface area contributed by atoms with Crippen molar-refractivity contribution in [3.63, 3.8) is 0 Å². The Bertz CT molecular complexity index is 918. The highest BCUT2D eigenvalue weighted by molar-refractivity contribution is 6.01. The minimum Gasteiger partial charge on any atom is -0.507 e. The fraction of sp³-hybridized carbons (Fsp3) is 0.143. The van der Waals surface area contributed by atoms with Gasteiger partial charge in [0.1, 0.15) is 5.75 Å². The Morgan fingerprint density at radius 1 is 1.00 bits per heavy atom. The number of phenolic OH excluding ortho intramolecular Hbond substituents is 1. The molecule has 4 heteroatoms. The number of hydrogen-bond acceptors (Lipinski definition) is 3. The van der Waals surface area contributed by atoms with E-state index in [1.165, 1.54) is 5.56 Å². The molecule has 0 unspecified atom stereocenters. The second-order valence-electron chi connectivity index (χ2n) is 5.99. The topological polar surface area (TPSA) is 61.7 Å². The van der Waals surface area contributed by atoms with E-state index in [0.29, 0.717) is 0 Å². The second kappa shape index (κ2) is 7.62. The van der Waals surface area contributed by atoms with Gasteiger partial charge < -0.3 is 5.11 Å². The molecule has 0 fully saturated rings. The van der Waals surface area contributed by atoms with Gasteiger partial charge in [-0.25, -0.2) is 5.43 Å². The number of carbonyl (C=O) groups is 1. The normalized spacial score (nSPS) is 11.5. The molecule has 0 bridgehead atoms. The van der Waals surface area contributed by atoms with Gasteiger partial charge in [0.05, 0.1) is 5.56 Å². The summed E-state index contributed by atoms with van der Waals surface area (Å²) in [5.41, 5.74) is 4.81. The first-order valence-corrected chi connectivity index (χ1v) is 8.22. The third-order valence-electron chi connectivity index (χ3n) is 4.08. The van der Waals surface area contributed by atoms with E-state index in [-0.39, 0.29) is 11.3 Å². The number of nitrogens with zero attached hydrogens (tertiary/aromatic N) is 1. The number of benzene rings is 3.